The first kappa shape index (κ1) is 17.5. The maximum absolute atomic E-state index is 12.6. The van der Waals surface area contributed by atoms with Gasteiger partial charge in [-0.3, -0.25) is 10.2 Å². The Balaban J connectivity index is 1.97. The molecule has 0 saturated heterocycles. The van der Waals surface area contributed by atoms with Gasteiger partial charge in [0.05, 0.1) is 11.8 Å². The number of halogens is 3. The molecule has 4 nitrogen and oxygen atoms in total. The number of hydrogen-bond acceptors (Lipinski definition) is 3. The topological polar surface area (TPSA) is 50.7 Å². The van der Waals surface area contributed by atoms with Crippen LogP contribution in [0.1, 0.15) is 22.3 Å². The molecule has 0 aliphatic rings. The summed E-state index contributed by atoms with van der Waals surface area (Å²) in [6, 6.07) is 9.90. The van der Waals surface area contributed by atoms with Gasteiger partial charge in [0.25, 0.3) is 0 Å². The number of rotatable bonds is 3. The summed E-state index contributed by atoms with van der Waals surface area (Å²) in [7, 11) is 0. The van der Waals surface area contributed by atoms with E-state index in [1.165, 1.54) is 18.3 Å². The zero-order valence-corrected chi connectivity index (χ0v) is 13.0. The van der Waals surface area contributed by atoms with Crippen LogP contribution in [0.25, 0.3) is 0 Å². The average Bonchev–Trinajstić information content (AvgIpc) is 2.49. The summed E-state index contributed by atoms with van der Waals surface area (Å²) in [6.45, 7) is 3.84. The van der Waals surface area contributed by atoms with Gasteiger partial charge in [0, 0.05) is 5.69 Å². The predicted octanol–water partition coefficient (Wildman–Crippen LogP) is 4.90. The van der Waals surface area contributed by atoms with Crippen molar-refractivity contribution >= 4 is 18.0 Å². The Morgan fingerprint density at radius 1 is 1.17 bits per heavy atom. The summed E-state index contributed by atoms with van der Waals surface area (Å²) in [5, 5.41) is 5.73. The lowest BCUT2D eigenvalue weighted by Crippen LogP contribution is -2.12. The lowest BCUT2D eigenvalue weighted by molar-refractivity contribution is -0.137. The van der Waals surface area contributed by atoms with E-state index < -0.39 is 17.8 Å². The van der Waals surface area contributed by atoms with Crippen molar-refractivity contribution in [3.63, 3.8) is 0 Å². The second kappa shape index (κ2) is 7.16. The zero-order valence-electron chi connectivity index (χ0n) is 13.0. The highest BCUT2D eigenvalue weighted by molar-refractivity contribution is 5.86. The number of oxime groups is 1. The second-order valence-corrected chi connectivity index (χ2v) is 5.18. The van der Waals surface area contributed by atoms with Gasteiger partial charge in [-0.15, -0.1) is 0 Å². The average molecular weight is 336 g/mol. The summed E-state index contributed by atoms with van der Waals surface area (Å²) in [5.74, 6) is 0. The van der Waals surface area contributed by atoms with Crippen molar-refractivity contribution in [3.8, 4) is 0 Å². The fraction of sp³-hybridized carbons (Fsp3) is 0.176. The normalized spacial score (nSPS) is 11.5. The van der Waals surface area contributed by atoms with E-state index in [0.29, 0.717) is 0 Å². The minimum Gasteiger partial charge on any atom is -0.298 e. The second-order valence-electron chi connectivity index (χ2n) is 5.18. The van der Waals surface area contributed by atoms with Crippen molar-refractivity contribution in [3.05, 3.63) is 64.7 Å². The third-order valence-corrected chi connectivity index (χ3v) is 3.19. The van der Waals surface area contributed by atoms with Crippen molar-refractivity contribution < 1.29 is 22.8 Å². The number of aryl methyl sites for hydroxylation is 2. The Hall–Kier alpha value is -2.83. The number of nitrogens with zero attached hydrogens (tertiary/aromatic N) is 1. The molecule has 0 unspecified atom stereocenters. The molecule has 0 aliphatic carbocycles. The number of benzene rings is 2. The maximum atomic E-state index is 12.6. The van der Waals surface area contributed by atoms with Gasteiger partial charge in [-0.05, 0) is 43.2 Å². The minimum atomic E-state index is -4.48. The monoisotopic (exact) mass is 336 g/mol. The molecule has 0 saturated carbocycles. The summed E-state index contributed by atoms with van der Waals surface area (Å²) < 4.78 is 37.8. The van der Waals surface area contributed by atoms with Crippen molar-refractivity contribution in [2.24, 2.45) is 5.16 Å². The van der Waals surface area contributed by atoms with Crippen molar-refractivity contribution in [2.75, 3.05) is 5.32 Å². The molecule has 0 spiro atoms. The molecule has 0 aromatic heterocycles. The smallest absolute Gasteiger partial charge is 0.298 e. The maximum Gasteiger partial charge on any atom is 0.437 e. The molecule has 7 heteroatoms. The van der Waals surface area contributed by atoms with Crippen LogP contribution in [0.2, 0.25) is 0 Å². The lowest BCUT2D eigenvalue weighted by Gasteiger charge is -2.08. The Labute approximate surface area is 136 Å². The first-order valence-corrected chi connectivity index (χ1v) is 7.01. The molecular formula is C17H15F3N2O2. The summed E-state index contributed by atoms with van der Waals surface area (Å²) in [5.41, 5.74) is 1.93. The molecule has 0 fully saturated rings. The lowest BCUT2D eigenvalue weighted by atomic mass is 10.1. The SMILES string of the molecule is Cc1ccc(/C=N\OC(=O)Nc2cccc(C(F)(F)F)c2)c(C)c1. The van der Waals surface area contributed by atoms with E-state index in [-0.39, 0.29) is 5.69 Å². The molecule has 2 rings (SSSR count). The number of amides is 1. The first-order chi connectivity index (χ1) is 11.3. The predicted molar refractivity (Wildman–Crippen MR) is 85.1 cm³/mol. The van der Waals surface area contributed by atoms with E-state index in [1.54, 1.807) is 0 Å². The number of anilines is 1. The van der Waals surface area contributed by atoms with E-state index >= 15 is 0 Å². The third kappa shape index (κ3) is 4.84. The molecular weight excluding hydrogens is 321 g/mol. The Morgan fingerprint density at radius 2 is 1.92 bits per heavy atom. The molecule has 0 radical (unpaired) electrons. The van der Waals surface area contributed by atoms with E-state index in [4.69, 9.17) is 0 Å². The first-order valence-electron chi connectivity index (χ1n) is 7.01. The van der Waals surface area contributed by atoms with Crippen LogP contribution < -0.4 is 5.32 Å². The van der Waals surface area contributed by atoms with Crippen LogP contribution in [-0.4, -0.2) is 12.3 Å². The number of alkyl halides is 3. The molecule has 1 N–H and O–H groups in total. The van der Waals surface area contributed by atoms with Crippen LogP contribution >= 0.6 is 0 Å². The summed E-state index contributed by atoms with van der Waals surface area (Å²) in [6.07, 6.45) is -4.10. The molecule has 2 aromatic carbocycles. The molecule has 1 amide bonds. The molecule has 0 atom stereocenters. The molecule has 0 bridgehead atoms. The van der Waals surface area contributed by atoms with Gasteiger partial charge in [-0.1, -0.05) is 35.0 Å². The molecule has 24 heavy (non-hydrogen) atoms. The number of nitrogens with one attached hydrogen (secondary N) is 1. The van der Waals surface area contributed by atoms with Gasteiger partial charge in [-0.2, -0.15) is 13.2 Å². The zero-order chi connectivity index (χ0) is 17.7. The highest BCUT2D eigenvalue weighted by atomic mass is 19.4. The van der Waals surface area contributed by atoms with Gasteiger partial charge in [0.15, 0.2) is 0 Å². The molecule has 126 valence electrons. The fourth-order valence-electron chi connectivity index (χ4n) is 2.02. The van der Waals surface area contributed by atoms with Gasteiger partial charge in [-0.25, -0.2) is 4.79 Å². The van der Waals surface area contributed by atoms with Crippen LogP contribution in [0.3, 0.4) is 0 Å². The highest BCUT2D eigenvalue weighted by Crippen LogP contribution is 2.30. The van der Waals surface area contributed by atoms with E-state index in [9.17, 15) is 18.0 Å². The minimum absolute atomic E-state index is 0.0310. The number of carbonyl (C=O) groups excluding carboxylic acids is 1. The van der Waals surface area contributed by atoms with Crippen LogP contribution in [0.5, 0.6) is 0 Å². The van der Waals surface area contributed by atoms with Gasteiger partial charge in [0.2, 0.25) is 0 Å². The Bertz CT molecular complexity index is 771. The Morgan fingerprint density at radius 3 is 2.58 bits per heavy atom. The number of carbonyl (C=O) groups is 1. The van der Waals surface area contributed by atoms with E-state index in [1.807, 2.05) is 32.0 Å². The van der Waals surface area contributed by atoms with Gasteiger partial charge in [0.1, 0.15) is 0 Å². The van der Waals surface area contributed by atoms with Gasteiger partial charge < -0.3 is 0 Å². The highest BCUT2D eigenvalue weighted by Gasteiger charge is 2.30. The third-order valence-electron chi connectivity index (χ3n) is 3.19. The fourth-order valence-corrected chi connectivity index (χ4v) is 2.02. The molecule has 0 aliphatic heterocycles. The standard InChI is InChI=1S/C17H15F3N2O2/c1-11-6-7-13(12(2)8-11)10-21-24-16(23)22-15-5-3-4-14(9-15)17(18,19)20/h3-10H,1-2H3,(H,22,23)/b21-10-. The van der Waals surface area contributed by atoms with E-state index in [2.05, 4.69) is 15.3 Å². The van der Waals surface area contributed by atoms with Crippen molar-refractivity contribution in [2.45, 2.75) is 20.0 Å². The van der Waals surface area contributed by atoms with Crippen molar-refractivity contribution in [1.82, 2.24) is 0 Å². The van der Waals surface area contributed by atoms with Crippen LogP contribution in [-0.2, 0) is 11.0 Å². The quantitative estimate of drug-likeness (QED) is 0.492. The molecule has 0 heterocycles. The summed E-state index contributed by atoms with van der Waals surface area (Å²) in [4.78, 5) is 16.2. The van der Waals surface area contributed by atoms with Crippen LogP contribution in [0.4, 0.5) is 23.7 Å². The number of hydrogen-bond donors (Lipinski definition) is 1. The van der Waals surface area contributed by atoms with Crippen LogP contribution in [0.15, 0.2) is 47.6 Å². The van der Waals surface area contributed by atoms with Crippen molar-refractivity contribution in [1.29, 1.82) is 0 Å². The van der Waals surface area contributed by atoms with E-state index in [0.717, 1.165) is 28.8 Å². The summed E-state index contributed by atoms with van der Waals surface area (Å²) >= 11 is 0. The molecule has 2 aromatic rings. The van der Waals surface area contributed by atoms with Crippen LogP contribution in [0, 0.1) is 13.8 Å². The Kier molecular flexibility index (Phi) is 5.23. The van der Waals surface area contributed by atoms with Gasteiger partial charge >= 0.3 is 12.3 Å². The largest absolute Gasteiger partial charge is 0.437 e.